The summed E-state index contributed by atoms with van der Waals surface area (Å²) in [6, 6.07) is 8.72. The first-order valence-corrected chi connectivity index (χ1v) is 8.46. The van der Waals surface area contributed by atoms with Crippen LogP contribution in [0.4, 0.5) is 9.59 Å². The Kier molecular flexibility index (Phi) is 6.46. The van der Waals surface area contributed by atoms with Crippen molar-refractivity contribution < 1.29 is 19.2 Å². The highest BCUT2D eigenvalue weighted by molar-refractivity contribution is 5.80. The third kappa shape index (κ3) is 5.15. The van der Waals surface area contributed by atoms with E-state index in [4.69, 9.17) is 4.84 Å². The van der Waals surface area contributed by atoms with Crippen LogP contribution in [0.25, 0.3) is 11.1 Å². The Balaban J connectivity index is 0.000000282. The van der Waals surface area contributed by atoms with Crippen LogP contribution in [0.3, 0.4) is 0 Å². The zero-order valence-electron chi connectivity index (χ0n) is 14.6. The van der Waals surface area contributed by atoms with Gasteiger partial charge in [0, 0.05) is 12.1 Å². The molecule has 1 fully saturated rings. The summed E-state index contributed by atoms with van der Waals surface area (Å²) in [5.41, 5.74) is 4.81. The molecule has 3 aliphatic carbocycles. The number of carbonyl (C=O) groups is 2. The second kappa shape index (κ2) is 8.57. The van der Waals surface area contributed by atoms with E-state index in [-0.39, 0.29) is 12.1 Å². The number of hydrogen-bond acceptors (Lipinski definition) is 4. The minimum Gasteiger partial charge on any atom is -0.451 e. The minimum absolute atomic E-state index is 0.0417. The Morgan fingerprint density at radius 3 is 2.21 bits per heavy atom. The van der Waals surface area contributed by atoms with E-state index < -0.39 is 12.2 Å². The molecule has 24 heavy (non-hydrogen) atoms. The molecule has 0 aromatic rings. The zero-order valence-corrected chi connectivity index (χ0v) is 14.6. The number of benzene rings is 1. The average molecular weight is 334 g/mol. The molecule has 6 nitrogen and oxygen atoms in total. The number of methoxy groups -OCH3 is 1. The molecule has 3 aliphatic rings. The van der Waals surface area contributed by atoms with E-state index in [1.54, 1.807) is 4.90 Å². The molecule has 0 heterocycles. The third-order valence-corrected chi connectivity index (χ3v) is 4.25. The normalized spacial score (nSPS) is 15.0. The lowest BCUT2D eigenvalue weighted by molar-refractivity contribution is 0.0254. The fraction of sp³-hybridized carbons (Fsp3) is 0.556. The van der Waals surface area contributed by atoms with E-state index in [2.05, 4.69) is 29.0 Å². The van der Waals surface area contributed by atoms with Crippen LogP contribution < -0.4 is 5.48 Å². The summed E-state index contributed by atoms with van der Waals surface area (Å²) in [4.78, 5) is 29.2. The number of hydrogen-bond donors (Lipinski definition) is 1. The summed E-state index contributed by atoms with van der Waals surface area (Å²) < 4.78 is 4.34. The molecule has 1 N–H and O–H groups in total. The van der Waals surface area contributed by atoms with E-state index >= 15 is 0 Å². The van der Waals surface area contributed by atoms with Crippen LogP contribution in [-0.2, 0) is 9.57 Å². The van der Waals surface area contributed by atoms with Gasteiger partial charge >= 0.3 is 12.2 Å². The van der Waals surface area contributed by atoms with Gasteiger partial charge in [-0.1, -0.05) is 37.5 Å². The Labute approximate surface area is 143 Å². The van der Waals surface area contributed by atoms with Crippen molar-refractivity contribution in [1.29, 1.82) is 0 Å². The monoisotopic (exact) mass is 334 g/mol. The highest BCUT2D eigenvalue weighted by Gasteiger charge is 2.29. The van der Waals surface area contributed by atoms with Gasteiger partial charge in [-0.25, -0.2) is 9.59 Å². The van der Waals surface area contributed by atoms with Gasteiger partial charge in [0.05, 0.1) is 7.11 Å². The van der Waals surface area contributed by atoms with Crippen LogP contribution in [0.2, 0.25) is 0 Å². The van der Waals surface area contributed by atoms with Gasteiger partial charge in [-0.05, 0) is 43.9 Å². The summed E-state index contributed by atoms with van der Waals surface area (Å²) in [5, 5.41) is 0. The van der Waals surface area contributed by atoms with E-state index in [9.17, 15) is 9.59 Å². The lowest BCUT2D eigenvalue weighted by Crippen LogP contribution is -2.48. The van der Waals surface area contributed by atoms with Crippen molar-refractivity contribution in [3.63, 3.8) is 0 Å². The Morgan fingerprint density at radius 1 is 1.17 bits per heavy atom. The highest BCUT2D eigenvalue weighted by atomic mass is 16.7. The maximum atomic E-state index is 11.9. The molecule has 0 atom stereocenters. The predicted octanol–water partition coefficient (Wildman–Crippen LogP) is 4.10. The zero-order chi connectivity index (χ0) is 17.5. The largest absolute Gasteiger partial charge is 0.451 e. The average Bonchev–Trinajstić information content (AvgIpc) is 3.19. The number of nitrogens with zero attached hydrogens (tertiary/aromatic N) is 1. The maximum Gasteiger partial charge on any atom is 0.440 e. The molecule has 0 spiro atoms. The molecule has 6 heteroatoms. The van der Waals surface area contributed by atoms with Gasteiger partial charge in [0.25, 0.3) is 0 Å². The molecule has 0 radical (unpaired) electrons. The van der Waals surface area contributed by atoms with Crippen molar-refractivity contribution in [2.45, 2.75) is 58.0 Å². The molecular weight excluding hydrogens is 308 g/mol. The molecule has 132 valence electrons. The van der Waals surface area contributed by atoms with Gasteiger partial charge < -0.3 is 14.5 Å². The Bertz CT molecular complexity index is 551. The molecule has 3 rings (SSSR count). The summed E-state index contributed by atoms with van der Waals surface area (Å²) in [6.45, 7) is 3.88. The van der Waals surface area contributed by atoms with Crippen LogP contribution in [0.5, 0.6) is 0 Å². The van der Waals surface area contributed by atoms with Gasteiger partial charge in [-0.2, -0.15) is 0 Å². The molecule has 0 aromatic heterocycles. The number of nitrogens with one attached hydrogen (secondary N) is 1. The number of ether oxygens (including phenoxy) is 1. The molecule has 0 aromatic carbocycles. The molecule has 0 saturated heterocycles. The fourth-order valence-corrected chi connectivity index (χ4v) is 3.00. The summed E-state index contributed by atoms with van der Waals surface area (Å²) >= 11 is 0. The van der Waals surface area contributed by atoms with Crippen LogP contribution in [0.1, 0.15) is 46.0 Å². The first-order chi connectivity index (χ1) is 11.5. The van der Waals surface area contributed by atoms with Gasteiger partial charge in [0.1, 0.15) is 0 Å². The number of amides is 2. The number of rotatable bonds is 2. The van der Waals surface area contributed by atoms with Crippen LogP contribution in [0.15, 0.2) is 24.3 Å². The van der Waals surface area contributed by atoms with E-state index in [1.165, 1.54) is 24.7 Å². The van der Waals surface area contributed by atoms with E-state index in [1.807, 2.05) is 19.3 Å². The maximum absolute atomic E-state index is 11.9. The van der Waals surface area contributed by atoms with Crippen molar-refractivity contribution in [3.05, 3.63) is 24.3 Å². The molecule has 0 aliphatic heterocycles. The Morgan fingerprint density at radius 2 is 1.79 bits per heavy atom. The minimum atomic E-state index is -0.782. The lowest BCUT2D eigenvalue weighted by atomic mass is 9.94. The van der Waals surface area contributed by atoms with E-state index in [0.29, 0.717) is 0 Å². The lowest BCUT2D eigenvalue weighted by Gasteiger charge is -2.35. The SMILES string of the molecule is COC(=O)NOC(=O)N(C(C)C)C1CCCCC1.c1cc2cc-2c1. The second-order valence-corrected chi connectivity index (χ2v) is 6.34. The first kappa shape index (κ1) is 18.1. The van der Waals surface area contributed by atoms with Crippen LogP contribution in [0, 0.1) is 0 Å². The smallest absolute Gasteiger partial charge is 0.440 e. The summed E-state index contributed by atoms with van der Waals surface area (Å²) in [5.74, 6) is 0. The standard InChI is InChI=1S/C12H22N2O4.C6H4/c1-9(2)14(10-7-5-4-6-8-10)12(16)18-13-11(15)17-3;1-2-5-4-6(5)3-1/h9-10H,4-8H2,1-3H3,(H,13,15);1-4H. The van der Waals surface area contributed by atoms with Gasteiger partial charge in [0.2, 0.25) is 0 Å². The Hall–Kier alpha value is -2.24. The molecule has 2 amide bonds. The number of hydroxylamine groups is 1. The highest BCUT2D eigenvalue weighted by Crippen LogP contribution is 2.32. The topological polar surface area (TPSA) is 67.9 Å². The molecule has 0 bridgehead atoms. The van der Waals surface area contributed by atoms with Gasteiger partial charge in [-0.15, -0.1) is 5.48 Å². The number of carbonyl (C=O) groups excluding carboxylic acids is 2. The van der Waals surface area contributed by atoms with Crippen LogP contribution in [-0.4, -0.2) is 36.3 Å². The molecular formula is C18H26N2O4. The summed E-state index contributed by atoms with van der Waals surface area (Å²) in [7, 11) is 1.21. The molecule has 1 saturated carbocycles. The quantitative estimate of drug-likeness (QED) is 0.840. The fourth-order valence-electron chi connectivity index (χ4n) is 3.00. The third-order valence-electron chi connectivity index (χ3n) is 4.25. The van der Waals surface area contributed by atoms with Gasteiger partial charge in [-0.3, -0.25) is 0 Å². The second-order valence-electron chi connectivity index (χ2n) is 6.34. The van der Waals surface area contributed by atoms with Crippen molar-refractivity contribution in [1.82, 2.24) is 10.4 Å². The van der Waals surface area contributed by atoms with E-state index in [0.717, 1.165) is 25.7 Å². The first-order valence-electron chi connectivity index (χ1n) is 8.46. The number of fused-ring (bicyclic) bond motifs is 1. The van der Waals surface area contributed by atoms with Crippen molar-refractivity contribution in [3.8, 4) is 11.1 Å². The predicted molar refractivity (Wildman–Crippen MR) is 91.3 cm³/mol. The summed E-state index contributed by atoms with van der Waals surface area (Å²) in [6.07, 6.45) is 4.16. The van der Waals surface area contributed by atoms with Crippen LogP contribution >= 0.6 is 0 Å². The van der Waals surface area contributed by atoms with Crippen molar-refractivity contribution >= 4 is 12.2 Å². The van der Waals surface area contributed by atoms with Crippen molar-refractivity contribution in [2.75, 3.05) is 7.11 Å². The van der Waals surface area contributed by atoms with Gasteiger partial charge in [0.15, 0.2) is 0 Å². The van der Waals surface area contributed by atoms with Crippen molar-refractivity contribution in [2.24, 2.45) is 0 Å². The molecule has 0 unspecified atom stereocenters.